The van der Waals surface area contributed by atoms with Gasteiger partial charge >= 0.3 is 5.97 Å². The number of carbonyl (C=O) groups excluding carboxylic acids is 1. The van der Waals surface area contributed by atoms with Crippen LogP contribution < -0.4 is 15.5 Å². The molecule has 0 aliphatic rings. The van der Waals surface area contributed by atoms with Gasteiger partial charge in [-0.2, -0.15) is 5.10 Å². The lowest BCUT2D eigenvalue weighted by Crippen LogP contribution is -2.23. The summed E-state index contributed by atoms with van der Waals surface area (Å²) in [6, 6.07) is 20.5. The molecule has 152 valence electrons. The van der Waals surface area contributed by atoms with Crippen molar-refractivity contribution in [1.29, 1.82) is 0 Å². The fourth-order valence-electron chi connectivity index (χ4n) is 2.71. The summed E-state index contributed by atoms with van der Waals surface area (Å²) >= 11 is 8.70. The van der Waals surface area contributed by atoms with E-state index in [9.17, 15) is 4.79 Å². The third kappa shape index (κ3) is 5.98. The first-order valence-electron chi connectivity index (χ1n) is 9.16. The average Bonchev–Trinajstić information content (AvgIpc) is 2.70. The van der Waals surface area contributed by atoms with Crippen LogP contribution in [0.1, 0.15) is 27.0 Å². The summed E-state index contributed by atoms with van der Waals surface area (Å²) in [5.41, 5.74) is 6.76. The molecule has 3 aromatic carbocycles. The molecule has 0 atom stereocenters. The van der Waals surface area contributed by atoms with Gasteiger partial charge < -0.3 is 10.1 Å². The quantitative estimate of drug-likeness (QED) is 0.163. The van der Waals surface area contributed by atoms with Crippen LogP contribution in [0.3, 0.4) is 0 Å². The number of nitrogens with one attached hydrogen (secondary N) is 2. The molecule has 0 aliphatic carbocycles. The molecule has 0 bridgehead atoms. The lowest BCUT2D eigenvalue weighted by atomic mass is 10.1. The highest BCUT2D eigenvalue weighted by Gasteiger charge is 2.13. The molecule has 0 fully saturated rings. The second-order valence-electron chi connectivity index (χ2n) is 6.58. The molecule has 0 radical (unpaired) electrons. The topological polar surface area (TPSA) is 62.7 Å². The van der Waals surface area contributed by atoms with Crippen LogP contribution in [0.15, 0.2) is 76.3 Å². The Morgan fingerprint density at radius 2 is 1.87 bits per heavy atom. The zero-order valence-electron chi connectivity index (χ0n) is 16.5. The minimum atomic E-state index is -0.422. The number of aryl methyl sites for hydroxylation is 2. The lowest BCUT2D eigenvalue weighted by Gasteiger charge is -2.10. The molecule has 2 N–H and O–H groups in total. The normalized spacial score (nSPS) is 10.6. The number of carbonyl (C=O) groups is 1. The minimum Gasteiger partial charge on any atom is -0.422 e. The molecule has 0 heterocycles. The predicted octanol–water partition coefficient (Wildman–Crippen LogP) is 5.61. The summed E-state index contributed by atoms with van der Waals surface area (Å²) < 4.78 is 6.44. The molecule has 0 aliphatic heterocycles. The number of anilines is 1. The first-order chi connectivity index (χ1) is 14.4. The van der Waals surface area contributed by atoms with Crippen LogP contribution in [0.25, 0.3) is 0 Å². The summed E-state index contributed by atoms with van der Waals surface area (Å²) in [7, 11) is 0. The lowest BCUT2D eigenvalue weighted by molar-refractivity contribution is 0.0733. The van der Waals surface area contributed by atoms with Crippen molar-refractivity contribution in [2.75, 3.05) is 5.32 Å². The van der Waals surface area contributed by atoms with Gasteiger partial charge in [0.1, 0.15) is 5.75 Å². The van der Waals surface area contributed by atoms with Gasteiger partial charge in [0.2, 0.25) is 0 Å². The second-order valence-corrected chi connectivity index (χ2v) is 7.90. The number of rotatable bonds is 5. The SMILES string of the molecule is Cc1cccc(NC(=S)N/N=C\c2cc(Br)ccc2OC(=O)c2ccccc2C)c1. The van der Waals surface area contributed by atoms with Gasteiger partial charge in [-0.1, -0.05) is 46.3 Å². The monoisotopic (exact) mass is 481 g/mol. The molecular formula is C23H20BrN3O2S. The van der Waals surface area contributed by atoms with Crippen molar-refractivity contribution in [3.63, 3.8) is 0 Å². The van der Waals surface area contributed by atoms with Crippen molar-refractivity contribution in [1.82, 2.24) is 5.43 Å². The number of ether oxygens (including phenoxy) is 1. The molecule has 3 aromatic rings. The van der Waals surface area contributed by atoms with Crippen LogP contribution in [-0.2, 0) is 0 Å². The highest BCUT2D eigenvalue weighted by molar-refractivity contribution is 9.10. The van der Waals surface area contributed by atoms with Crippen LogP contribution in [0, 0.1) is 13.8 Å². The predicted molar refractivity (Wildman–Crippen MR) is 128 cm³/mol. The maximum Gasteiger partial charge on any atom is 0.343 e. The first-order valence-corrected chi connectivity index (χ1v) is 10.4. The number of esters is 1. The van der Waals surface area contributed by atoms with Crippen molar-refractivity contribution in [2.45, 2.75) is 13.8 Å². The number of thiocarbonyl (C=S) groups is 1. The van der Waals surface area contributed by atoms with Crippen LogP contribution in [0.2, 0.25) is 0 Å². The third-order valence-corrected chi connectivity index (χ3v) is 4.87. The van der Waals surface area contributed by atoms with Gasteiger partial charge in [0.25, 0.3) is 0 Å². The van der Waals surface area contributed by atoms with Crippen molar-refractivity contribution < 1.29 is 9.53 Å². The van der Waals surface area contributed by atoms with Crippen molar-refractivity contribution in [2.24, 2.45) is 5.10 Å². The molecule has 0 spiro atoms. The van der Waals surface area contributed by atoms with E-state index >= 15 is 0 Å². The highest BCUT2D eigenvalue weighted by Crippen LogP contribution is 2.23. The Balaban J connectivity index is 1.69. The van der Waals surface area contributed by atoms with Crippen LogP contribution in [-0.4, -0.2) is 17.3 Å². The van der Waals surface area contributed by atoms with Gasteiger partial charge in [-0.15, -0.1) is 0 Å². The Hall–Kier alpha value is -3.03. The van der Waals surface area contributed by atoms with Crippen LogP contribution >= 0.6 is 28.1 Å². The third-order valence-electron chi connectivity index (χ3n) is 4.19. The Morgan fingerprint density at radius 3 is 2.63 bits per heavy atom. The molecule has 5 nitrogen and oxygen atoms in total. The van der Waals surface area contributed by atoms with Crippen LogP contribution in [0.5, 0.6) is 5.75 Å². The molecule has 3 rings (SSSR count). The van der Waals surface area contributed by atoms with Gasteiger partial charge in [0.15, 0.2) is 5.11 Å². The number of hydrazone groups is 1. The number of halogens is 1. The van der Waals surface area contributed by atoms with E-state index in [1.165, 1.54) is 0 Å². The van der Waals surface area contributed by atoms with E-state index in [0.717, 1.165) is 21.3 Å². The van der Waals surface area contributed by atoms with Gasteiger partial charge in [-0.05, 0) is 73.6 Å². The average molecular weight is 482 g/mol. The molecule has 0 saturated heterocycles. The molecule has 30 heavy (non-hydrogen) atoms. The van der Waals surface area contributed by atoms with E-state index in [1.54, 1.807) is 30.5 Å². The van der Waals surface area contributed by atoms with E-state index in [1.807, 2.05) is 56.3 Å². The zero-order valence-corrected chi connectivity index (χ0v) is 18.9. The van der Waals surface area contributed by atoms with Gasteiger partial charge in [0, 0.05) is 15.7 Å². The zero-order chi connectivity index (χ0) is 21.5. The van der Waals surface area contributed by atoms with Crippen molar-refractivity contribution >= 4 is 51.1 Å². The molecule has 0 saturated carbocycles. The summed E-state index contributed by atoms with van der Waals surface area (Å²) in [6.07, 6.45) is 1.55. The first kappa shape index (κ1) is 21.7. The van der Waals surface area contributed by atoms with Gasteiger partial charge in [0.05, 0.1) is 11.8 Å². The fourth-order valence-corrected chi connectivity index (χ4v) is 3.26. The summed E-state index contributed by atoms with van der Waals surface area (Å²) in [5, 5.41) is 7.59. The second kappa shape index (κ2) is 10.1. The number of benzene rings is 3. The Morgan fingerprint density at radius 1 is 1.07 bits per heavy atom. The molecule has 7 heteroatoms. The van der Waals surface area contributed by atoms with E-state index in [0.29, 0.717) is 22.0 Å². The molecule has 0 amide bonds. The Kier molecular flexibility index (Phi) is 7.32. The maximum absolute atomic E-state index is 12.6. The Bertz CT molecular complexity index is 1120. The van der Waals surface area contributed by atoms with Crippen molar-refractivity contribution in [3.05, 3.63) is 93.5 Å². The standard InChI is InChI=1S/C23H20BrN3O2S/c1-15-6-5-8-19(12-15)26-23(30)27-25-14-17-13-18(24)10-11-21(17)29-22(28)20-9-4-3-7-16(20)2/h3-14H,1-2H3,(H2,26,27,30)/b25-14-. The number of hydrogen-bond donors (Lipinski definition) is 2. The highest BCUT2D eigenvalue weighted by atomic mass is 79.9. The van der Waals surface area contributed by atoms with E-state index in [-0.39, 0.29) is 0 Å². The van der Waals surface area contributed by atoms with Crippen LogP contribution in [0.4, 0.5) is 5.69 Å². The van der Waals surface area contributed by atoms with Gasteiger partial charge in [-0.3, -0.25) is 5.43 Å². The maximum atomic E-state index is 12.6. The summed E-state index contributed by atoms with van der Waals surface area (Å²) in [4.78, 5) is 12.6. The molecular weight excluding hydrogens is 462 g/mol. The summed E-state index contributed by atoms with van der Waals surface area (Å²) in [5.74, 6) is -0.0239. The van der Waals surface area contributed by atoms with Gasteiger partial charge in [-0.25, -0.2) is 4.79 Å². The fraction of sp³-hybridized carbons (Fsp3) is 0.0870. The van der Waals surface area contributed by atoms with Crippen molar-refractivity contribution in [3.8, 4) is 5.75 Å². The van der Waals surface area contributed by atoms with E-state index < -0.39 is 5.97 Å². The van der Waals surface area contributed by atoms with E-state index in [2.05, 4.69) is 31.8 Å². The smallest absolute Gasteiger partial charge is 0.343 e. The largest absolute Gasteiger partial charge is 0.422 e. The van der Waals surface area contributed by atoms with E-state index in [4.69, 9.17) is 17.0 Å². The minimum absolute atomic E-state index is 0.352. The Labute approximate surface area is 189 Å². The number of hydrogen-bond acceptors (Lipinski definition) is 4. The number of nitrogens with zero attached hydrogens (tertiary/aromatic N) is 1. The molecule has 0 unspecified atom stereocenters. The molecule has 0 aromatic heterocycles. The summed E-state index contributed by atoms with van der Waals surface area (Å²) in [6.45, 7) is 3.87.